The summed E-state index contributed by atoms with van der Waals surface area (Å²) in [5.41, 5.74) is 2.42. The number of hydrogen-bond acceptors (Lipinski definition) is 5. The second-order valence-corrected chi connectivity index (χ2v) is 7.26. The number of rotatable bonds is 5. The maximum atomic E-state index is 13.1. The number of nitrogens with one attached hydrogen (secondary N) is 1. The molecule has 0 saturated heterocycles. The molecule has 7 nitrogen and oxygen atoms in total. The zero-order chi connectivity index (χ0) is 21.8. The lowest BCUT2D eigenvalue weighted by atomic mass is 10.1. The summed E-state index contributed by atoms with van der Waals surface area (Å²) in [7, 11) is 1.50. The number of methoxy groups -OCH3 is 1. The van der Waals surface area contributed by atoms with Gasteiger partial charge in [-0.1, -0.05) is 41.9 Å². The Balaban J connectivity index is 1.61. The molecule has 1 N–H and O–H groups in total. The summed E-state index contributed by atoms with van der Waals surface area (Å²) < 4.78 is 5.27. The van der Waals surface area contributed by atoms with Gasteiger partial charge >= 0.3 is 0 Å². The zero-order valence-electron chi connectivity index (χ0n) is 16.7. The lowest BCUT2D eigenvalue weighted by molar-refractivity contribution is -0.120. The van der Waals surface area contributed by atoms with Gasteiger partial charge in [0.05, 0.1) is 24.9 Å². The molecule has 156 valence electrons. The number of aromatic nitrogens is 1. The molecular formula is C23H19ClN4O3. The van der Waals surface area contributed by atoms with Crippen molar-refractivity contribution in [1.82, 2.24) is 4.98 Å². The molecule has 0 atom stereocenters. The Morgan fingerprint density at radius 1 is 1.16 bits per heavy atom. The third kappa shape index (κ3) is 4.57. The highest BCUT2D eigenvalue weighted by atomic mass is 35.5. The molecule has 1 aliphatic rings. The van der Waals surface area contributed by atoms with Crippen molar-refractivity contribution in [3.63, 3.8) is 0 Å². The Hall–Kier alpha value is -3.71. The normalized spacial score (nSPS) is 13.2. The second kappa shape index (κ2) is 8.97. The van der Waals surface area contributed by atoms with Crippen LogP contribution in [0, 0.1) is 0 Å². The number of aliphatic imine (C=N–C) groups is 1. The largest absolute Gasteiger partial charge is 0.495 e. The monoisotopic (exact) mass is 434 g/mol. The van der Waals surface area contributed by atoms with Gasteiger partial charge in [0.25, 0.3) is 0 Å². The number of hydrogen-bond donors (Lipinski definition) is 1. The van der Waals surface area contributed by atoms with Gasteiger partial charge in [0.2, 0.25) is 11.8 Å². The minimum Gasteiger partial charge on any atom is -0.495 e. The molecule has 0 fully saturated rings. The van der Waals surface area contributed by atoms with E-state index >= 15 is 0 Å². The van der Waals surface area contributed by atoms with Crippen LogP contribution in [-0.2, 0) is 9.59 Å². The first-order valence-corrected chi connectivity index (χ1v) is 9.94. The van der Waals surface area contributed by atoms with Gasteiger partial charge in [-0.25, -0.2) is 9.98 Å². The van der Waals surface area contributed by atoms with E-state index in [1.165, 1.54) is 12.0 Å². The molecule has 4 rings (SSSR count). The van der Waals surface area contributed by atoms with Crippen LogP contribution in [0.4, 0.5) is 17.2 Å². The summed E-state index contributed by atoms with van der Waals surface area (Å²) >= 11 is 6.04. The van der Waals surface area contributed by atoms with Gasteiger partial charge in [-0.2, -0.15) is 0 Å². The van der Waals surface area contributed by atoms with Crippen LogP contribution < -0.4 is 15.0 Å². The molecule has 2 heterocycles. The quantitative estimate of drug-likeness (QED) is 0.651. The maximum Gasteiger partial charge on any atom is 0.244 e. The summed E-state index contributed by atoms with van der Waals surface area (Å²) in [6.07, 6.45) is 1.62. The van der Waals surface area contributed by atoms with Crippen LogP contribution in [0.5, 0.6) is 5.75 Å². The number of fused-ring (bicyclic) bond motifs is 1. The van der Waals surface area contributed by atoms with Crippen LogP contribution in [-0.4, -0.2) is 36.2 Å². The molecule has 0 unspecified atom stereocenters. The number of benzene rings is 2. The fourth-order valence-electron chi connectivity index (χ4n) is 3.30. The van der Waals surface area contributed by atoms with E-state index in [1.807, 2.05) is 30.3 Å². The minimum absolute atomic E-state index is 0.0497. The average molecular weight is 435 g/mol. The molecule has 8 heteroatoms. The number of carbonyl (C=O) groups is 2. The van der Waals surface area contributed by atoms with Gasteiger partial charge in [-0.3, -0.25) is 14.5 Å². The number of amides is 2. The van der Waals surface area contributed by atoms with Crippen molar-refractivity contribution in [3.8, 4) is 5.75 Å². The van der Waals surface area contributed by atoms with Gasteiger partial charge in [0, 0.05) is 11.2 Å². The van der Waals surface area contributed by atoms with Crippen LogP contribution >= 0.6 is 11.6 Å². The summed E-state index contributed by atoms with van der Waals surface area (Å²) in [6.45, 7) is -0.226. The summed E-state index contributed by atoms with van der Waals surface area (Å²) in [6, 6.07) is 17.9. The van der Waals surface area contributed by atoms with E-state index in [4.69, 9.17) is 16.3 Å². The van der Waals surface area contributed by atoms with E-state index in [2.05, 4.69) is 15.3 Å². The summed E-state index contributed by atoms with van der Waals surface area (Å²) in [5.74, 6) is 0.127. The van der Waals surface area contributed by atoms with Crippen LogP contribution in [0.2, 0.25) is 5.02 Å². The molecule has 0 bridgehead atoms. The number of halogens is 1. The van der Waals surface area contributed by atoms with Gasteiger partial charge in [0.1, 0.15) is 18.0 Å². The number of ether oxygens (including phenoxy) is 1. The highest BCUT2D eigenvalue weighted by molar-refractivity contribution is 6.31. The fraction of sp³-hybridized carbons (Fsp3) is 0.130. The van der Waals surface area contributed by atoms with E-state index in [9.17, 15) is 9.59 Å². The highest BCUT2D eigenvalue weighted by Gasteiger charge is 2.28. The maximum absolute atomic E-state index is 13.1. The third-order valence-electron chi connectivity index (χ3n) is 4.74. The molecule has 0 spiro atoms. The highest BCUT2D eigenvalue weighted by Crippen LogP contribution is 2.31. The Morgan fingerprint density at radius 2 is 1.97 bits per heavy atom. The van der Waals surface area contributed by atoms with Crippen LogP contribution in [0.3, 0.4) is 0 Å². The predicted octanol–water partition coefficient (Wildman–Crippen LogP) is 4.24. The van der Waals surface area contributed by atoms with Crippen LogP contribution in [0.25, 0.3) is 0 Å². The summed E-state index contributed by atoms with van der Waals surface area (Å²) in [4.78, 5) is 36.2. The smallest absolute Gasteiger partial charge is 0.244 e. The van der Waals surface area contributed by atoms with E-state index in [0.717, 1.165) is 5.56 Å². The molecule has 0 radical (unpaired) electrons. The van der Waals surface area contributed by atoms with E-state index in [1.54, 1.807) is 36.5 Å². The molecular weight excluding hydrogens is 416 g/mol. The van der Waals surface area contributed by atoms with Crippen molar-refractivity contribution in [2.45, 2.75) is 6.42 Å². The lowest BCUT2D eigenvalue weighted by Gasteiger charge is -2.21. The van der Waals surface area contributed by atoms with Crippen molar-refractivity contribution in [3.05, 3.63) is 77.4 Å². The second-order valence-electron chi connectivity index (χ2n) is 6.82. The average Bonchev–Trinajstić information content (AvgIpc) is 2.91. The number of pyridine rings is 1. The van der Waals surface area contributed by atoms with Gasteiger partial charge in [-0.15, -0.1) is 0 Å². The number of nitrogens with zero attached hydrogens (tertiary/aromatic N) is 3. The van der Waals surface area contributed by atoms with Crippen molar-refractivity contribution >= 4 is 46.3 Å². The molecule has 1 aliphatic heterocycles. The van der Waals surface area contributed by atoms with Crippen molar-refractivity contribution in [2.24, 2.45) is 4.99 Å². The SMILES string of the molecule is COc1ccc(Cl)cc1NC(=O)CN1C(=O)CC(c2ccccc2)=Nc2cccnc21. The fourth-order valence-corrected chi connectivity index (χ4v) is 3.47. The minimum atomic E-state index is -0.409. The van der Waals surface area contributed by atoms with Crippen LogP contribution in [0.1, 0.15) is 12.0 Å². The lowest BCUT2D eigenvalue weighted by Crippen LogP contribution is -2.39. The first kappa shape index (κ1) is 20.6. The molecule has 31 heavy (non-hydrogen) atoms. The molecule has 1 aromatic heterocycles. The molecule has 2 aromatic carbocycles. The zero-order valence-corrected chi connectivity index (χ0v) is 17.5. The first-order valence-electron chi connectivity index (χ1n) is 9.57. The molecule has 0 aliphatic carbocycles. The third-order valence-corrected chi connectivity index (χ3v) is 4.98. The molecule has 0 saturated carbocycles. The first-order chi connectivity index (χ1) is 15.0. The van der Waals surface area contributed by atoms with Crippen molar-refractivity contribution in [2.75, 3.05) is 23.9 Å². The Morgan fingerprint density at radius 3 is 2.74 bits per heavy atom. The Bertz CT molecular complexity index is 1160. The standard InChI is InChI=1S/C23H19ClN4O3/c1-31-20-10-9-16(24)12-19(20)27-21(29)14-28-22(30)13-18(15-6-3-2-4-7-15)26-17-8-5-11-25-23(17)28/h2-12H,13-14H2,1H3,(H,27,29). The van der Waals surface area contributed by atoms with Gasteiger partial charge in [-0.05, 0) is 35.9 Å². The molecule has 2 amide bonds. The molecule has 3 aromatic rings. The Labute approximate surface area is 184 Å². The Kier molecular flexibility index (Phi) is 5.95. The van der Waals surface area contributed by atoms with E-state index in [-0.39, 0.29) is 18.9 Å². The summed E-state index contributed by atoms with van der Waals surface area (Å²) in [5, 5.41) is 3.21. The topological polar surface area (TPSA) is 83.9 Å². The number of anilines is 2. The van der Waals surface area contributed by atoms with Crippen LogP contribution in [0.15, 0.2) is 71.9 Å². The van der Waals surface area contributed by atoms with Crippen molar-refractivity contribution < 1.29 is 14.3 Å². The van der Waals surface area contributed by atoms with Crippen molar-refractivity contribution in [1.29, 1.82) is 0 Å². The predicted molar refractivity (Wildman–Crippen MR) is 120 cm³/mol. The van der Waals surface area contributed by atoms with Gasteiger partial charge < -0.3 is 10.1 Å². The number of carbonyl (C=O) groups excluding carboxylic acids is 2. The van der Waals surface area contributed by atoms with Gasteiger partial charge in [0.15, 0.2) is 5.82 Å². The van der Waals surface area contributed by atoms with E-state index < -0.39 is 5.91 Å². The van der Waals surface area contributed by atoms with E-state index in [0.29, 0.717) is 33.7 Å².